The number of aromatic nitrogens is 5. The average Bonchev–Trinajstić information content (AvgIpc) is 3.58. The minimum atomic E-state index is -0.335. The first kappa shape index (κ1) is 22.6. The molecule has 1 saturated heterocycles. The van der Waals surface area contributed by atoms with Crippen molar-refractivity contribution in [2.45, 2.75) is 25.4 Å². The number of amides is 1. The number of anilines is 1. The summed E-state index contributed by atoms with van der Waals surface area (Å²) in [6, 6.07) is 8.82. The predicted octanol–water partition coefficient (Wildman–Crippen LogP) is 3.76. The van der Waals surface area contributed by atoms with E-state index in [0.29, 0.717) is 30.0 Å². The molecule has 0 spiro atoms. The van der Waals surface area contributed by atoms with E-state index in [9.17, 15) is 9.18 Å². The molecule has 1 amide bonds. The number of halogens is 1. The van der Waals surface area contributed by atoms with Crippen LogP contribution in [0.25, 0.3) is 16.8 Å². The summed E-state index contributed by atoms with van der Waals surface area (Å²) in [5, 5.41) is 16.2. The van der Waals surface area contributed by atoms with Crippen molar-refractivity contribution < 1.29 is 18.7 Å². The SMILES string of the molecule is COC(=O)N1CCC(n2cc(-c3ccc(NCc4c(F)cccc4OC)n4cnnc34)cn2)CC1. The van der Waals surface area contributed by atoms with Gasteiger partial charge >= 0.3 is 6.09 Å². The number of hydrogen-bond acceptors (Lipinski definition) is 7. The van der Waals surface area contributed by atoms with Gasteiger partial charge in [-0.05, 0) is 37.1 Å². The third-order valence-corrected chi connectivity index (χ3v) is 6.38. The van der Waals surface area contributed by atoms with Crippen molar-refractivity contribution >= 4 is 17.6 Å². The van der Waals surface area contributed by atoms with Gasteiger partial charge in [-0.3, -0.25) is 9.08 Å². The van der Waals surface area contributed by atoms with E-state index < -0.39 is 0 Å². The molecule has 1 N–H and O–H groups in total. The molecule has 35 heavy (non-hydrogen) atoms. The highest BCUT2D eigenvalue weighted by Gasteiger charge is 2.25. The molecule has 1 aromatic carbocycles. The molecule has 0 aliphatic carbocycles. The standard InChI is InChI=1S/C24H26FN7O3/c1-34-21-5-3-4-20(25)19(21)13-26-22-7-6-18(23-29-27-15-31(22)23)16-12-28-32(14-16)17-8-10-30(11-9-17)24(33)35-2/h3-7,12,14-15,17,26H,8-11,13H2,1-2H3. The fraction of sp³-hybridized carbons (Fsp3) is 0.333. The van der Waals surface area contributed by atoms with Crippen LogP contribution in [0.1, 0.15) is 24.4 Å². The van der Waals surface area contributed by atoms with Crippen molar-refractivity contribution in [1.29, 1.82) is 0 Å². The molecule has 0 radical (unpaired) electrons. The van der Waals surface area contributed by atoms with Crippen molar-refractivity contribution in [2.75, 3.05) is 32.6 Å². The van der Waals surface area contributed by atoms with Crippen molar-refractivity contribution in [3.63, 3.8) is 0 Å². The number of rotatable bonds is 6. The van der Waals surface area contributed by atoms with Crippen LogP contribution in [0.4, 0.5) is 15.0 Å². The van der Waals surface area contributed by atoms with Gasteiger partial charge in [-0.25, -0.2) is 9.18 Å². The van der Waals surface area contributed by atoms with Crippen molar-refractivity contribution in [1.82, 2.24) is 29.3 Å². The fourth-order valence-electron chi connectivity index (χ4n) is 4.48. The monoisotopic (exact) mass is 479 g/mol. The van der Waals surface area contributed by atoms with Crippen LogP contribution in [0.2, 0.25) is 0 Å². The summed E-state index contributed by atoms with van der Waals surface area (Å²) in [6.45, 7) is 1.51. The summed E-state index contributed by atoms with van der Waals surface area (Å²) in [7, 11) is 2.92. The van der Waals surface area contributed by atoms with Gasteiger partial charge in [-0.2, -0.15) is 5.10 Å². The summed E-state index contributed by atoms with van der Waals surface area (Å²) in [4.78, 5) is 13.4. The van der Waals surface area contributed by atoms with E-state index in [2.05, 4.69) is 20.6 Å². The second kappa shape index (κ2) is 9.61. The first-order valence-corrected chi connectivity index (χ1v) is 11.3. The maximum absolute atomic E-state index is 14.3. The number of hydrogen-bond donors (Lipinski definition) is 1. The highest BCUT2D eigenvalue weighted by Crippen LogP contribution is 2.29. The van der Waals surface area contributed by atoms with Crippen molar-refractivity contribution in [2.24, 2.45) is 0 Å². The number of likely N-dealkylation sites (tertiary alicyclic amines) is 1. The van der Waals surface area contributed by atoms with Gasteiger partial charge in [-0.15, -0.1) is 10.2 Å². The van der Waals surface area contributed by atoms with Crippen molar-refractivity contribution in [3.8, 4) is 16.9 Å². The summed E-state index contributed by atoms with van der Waals surface area (Å²) < 4.78 is 28.2. The normalized spacial score (nSPS) is 14.3. The number of methoxy groups -OCH3 is 2. The number of pyridine rings is 1. The molecule has 0 atom stereocenters. The molecule has 3 aromatic heterocycles. The van der Waals surface area contributed by atoms with Gasteiger partial charge in [0.25, 0.3) is 0 Å². The summed E-state index contributed by atoms with van der Waals surface area (Å²) in [6.07, 6.45) is 6.75. The Morgan fingerprint density at radius 1 is 1.20 bits per heavy atom. The van der Waals surface area contributed by atoms with Gasteiger partial charge in [0, 0.05) is 42.5 Å². The molecule has 11 heteroatoms. The predicted molar refractivity (Wildman–Crippen MR) is 127 cm³/mol. The van der Waals surface area contributed by atoms with E-state index in [1.807, 2.05) is 33.6 Å². The number of carbonyl (C=O) groups is 1. The highest BCUT2D eigenvalue weighted by atomic mass is 19.1. The molecule has 4 aromatic rings. The highest BCUT2D eigenvalue weighted by molar-refractivity contribution is 5.78. The van der Waals surface area contributed by atoms with Crippen LogP contribution in [0.5, 0.6) is 5.75 Å². The number of nitrogens with one attached hydrogen (secondary N) is 1. The number of piperidine rings is 1. The molecular formula is C24H26FN7O3. The smallest absolute Gasteiger partial charge is 0.409 e. The molecule has 10 nitrogen and oxygen atoms in total. The Morgan fingerprint density at radius 2 is 2.03 bits per heavy atom. The van der Waals surface area contributed by atoms with E-state index in [4.69, 9.17) is 9.47 Å². The second-order valence-corrected chi connectivity index (χ2v) is 8.33. The Labute approximate surface area is 201 Å². The van der Waals surface area contributed by atoms with Gasteiger partial charge in [0.05, 0.1) is 26.5 Å². The first-order valence-electron chi connectivity index (χ1n) is 11.3. The lowest BCUT2D eigenvalue weighted by Crippen LogP contribution is -2.39. The Kier molecular flexibility index (Phi) is 6.21. The van der Waals surface area contributed by atoms with Gasteiger partial charge in [-0.1, -0.05) is 6.07 Å². The lowest BCUT2D eigenvalue weighted by Gasteiger charge is -2.30. The van der Waals surface area contributed by atoms with Crippen LogP contribution in [0.15, 0.2) is 49.1 Å². The second-order valence-electron chi connectivity index (χ2n) is 8.33. The summed E-state index contributed by atoms with van der Waals surface area (Å²) in [5.74, 6) is 0.874. The van der Waals surface area contributed by atoms with Crippen molar-refractivity contribution in [3.05, 3.63) is 60.4 Å². The molecule has 0 bridgehead atoms. The van der Waals surface area contributed by atoms with Gasteiger partial charge < -0.3 is 19.7 Å². The fourth-order valence-corrected chi connectivity index (χ4v) is 4.48. The average molecular weight is 480 g/mol. The number of fused-ring (bicyclic) bond motifs is 1. The Morgan fingerprint density at radius 3 is 2.80 bits per heavy atom. The topological polar surface area (TPSA) is 98.8 Å². The van der Waals surface area contributed by atoms with Crippen LogP contribution < -0.4 is 10.1 Å². The van der Waals surface area contributed by atoms with E-state index in [-0.39, 0.29) is 24.5 Å². The zero-order valence-corrected chi connectivity index (χ0v) is 19.5. The van der Waals surface area contributed by atoms with Crippen LogP contribution in [0.3, 0.4) is 0 Å². The Balaban J connectivity index is 1.34. The molecular weight excluding hydrogens is 453 g/mol. The Hall–Kier alpha value is -4.15. The first-order chi connectivity index (χ1) is 17.1. The van der Waals surface area contributed by atoms with E-state index in [1.54, 1.807) is 23.4 Å². The maximum atomic E-state index is 14.3. The quantitative estimate of drug-likeness (QED) is 0.450. The molecule has 1 fully saturated rings. The number of ether oxygens (including phenoxy) is 2. The van der Waals surface area contributed by atoms with Gasteiger partial charge in [0.1, 0.15) is 23.7 Å². The van der Waals surface area contributed by atoms with E-state index in [1.165, 1.54) is 20.3 Å². The molecule has 1 aliphatic heterocycles. The maximum Gasteiger partial charge on any atom is 0.409 e. The summed E-state index contributed by atoms with van der Waals surface area (Å²) in [5.41, 5.74) is 2.91. The third-order valence-electron chi connectivity index (χ3n) is 6.38. The molecule has 182 valence electrons. The molecule has 0 saturated carbocycles. The van der Waals surface area contributed by atoms with Crippen LogP contribution >= 0.6 is 0 Å². The van der Waals surface area contributed by atoms with Crippen LogP contribution in [-0.4, -0.2) is 62.7 Å². The number of carbonyl (C=O) groups excluding carboxylic acids is 1. The van der Waals surface area contributed by atoms with Crippen LogP contribution in [-0.2, 0) is 11.3 Å². The zero-order chi connectivity index (χ0) is 24.4. The van der Waals surface area contributed by atoms with E-state index in [0.717, 1.165) is 29.8 Å². The number of benzene rings is 1. The zero-order valence-electron chi connectivity index (χ0n) is 19.5. The van der Waals surface area contributed by atoms with Gasteiger partial charge in [0.2, 0.25) is 0 Å². The molecule has 0 unspecified atom stereocenters. The lowest BCUT2D eigenvalue weighted by molar-refractivity contribution is 0.105. The molecule has 1 aliphatic rings. The number of nitrogens with zero attached hydrogens (tertiary/aromatic N) is 6. The molecule has 5 rings (SSSR count). The largest absolute Gasteiger partial charge is 0.496 e. The minimum absolute atomic E-state index is 0.204. The van der Waals surface area contributed by atoms with Gasteiger partial charge in [0.15, 0.2) is 5.65 Å². The minimum Gasteiger partial charge on any atom is -0.496 e. The summed E-state index contributed by atoms with van der Waals surface area (Å²) >= 11 is 0. The van der Waals surface area contributed by atoms with Crippen LogP contribution in [0, 0.1) is 5.82 Å². The Bertz CT molecular complexity index is 1340. The third kappa shape index (κ3) is 4.36. The molecule has 4 heterocycles. The lowest BCUT2D eigenvalue weighted by atomic mass is 10.1. The van der Waals surface area contributed by atoms with E-state index >= 15 is 0 Å².